The van der Waals surface area contributed by atoms with Gasteiger partial charge in [0.25, 0.3) is 0 Å². The van der Waals surface area contributed by atoms with Crippen molar-refractivity contribution in [3.8, 4) is 5.75 Å². The van der Waals surface area contributed by atoms with Crippen molar-refractivity contribution in [2.45, 2.75) is 89.8 Å². The number of aliphatic hydroxyl groups is 1. The second-order valence-corrected chi connectivity index (χ2v) is 10.6. The summed E-state index contributed by atoms with van der Waals surface area (Å²) in [6, 6.07) is 2.17. The van der Waals surface area contributed by atoms with Crippen molar-refractivity contribution in [3.63, 3.8) is 0 Å². The third-order valence-electron chi connectivity index (χ3n) is 7.17. The van der Waals surface area contributed by atoms with Gasteiger partial charge < -0.3 is 19.7 Å². The Hall–Kier alpha value is -2.29. The van der Waals surface area contributed by atoms with Crippen LogP contribution in [-0.4, -0.2) is 44.9 Å². The number of carbonyl (C=O) groups excluding carboxylic acids is 1. The second-order valence-electron chi connectivity index (χ2n) is 10.6. The lowest BCUT2D eigenvalue weighted by molar-refractivity contribution is -0.275. The van der Waals surface area contributed by atoms with Gasteiger partial charge in [-0.3, -0.25) is 4.79 Å². The molecule has 0 spiro atoms. The summed E-state index contributed by atoms with van der Waals surface area (Å²) in [6.07, 6.45) is -0.702. The summed E-state index contributed by atoms with van der Waals surface area (Å²) in [7, 11) is 0. The first-order chi connectivity index (χ1) is 15.2. The molecular weight excluding hydrogens is 440 g/mol. The van der Waals surface area contributed by atoms with Crippen LogP contribution in [0.3, 0.4) is 0 Å². The number of hydrogen-bond acceptors (Lipinski definition) is 3. The Balaban J connectivity index is 1.60. The Kier molecular flexibility index (Phi) is 5.70. The molecule has 182 valence electrons. The number of H-pyrrole nitrogens is 1. The molecule has 1 aromatic heterocycles. The molecule has 1 aliphatic carbocycles. The Morgan fingerprint density at radius 1 is 1.30 bits per heavy atom. The molecule has 2 aromatic rings. The van der Waals surface area contributed by atoms with Gasteiger partial charge in [0.15, 0.2) is 11.6 Å². The molecule has 1 aliphatic heterocycles. The van der Waals surface area contributed by atoms with Gasteiger partial charge in [0.1, 0.15) is 0 Å². The summed E-state index contributed by atoms with van der Waals surface area (Å²) in [5, 5.41) is 10.7. The minimum absolute atomic E-state index is 0.00547. The Morgan fingerprint density at radius 3 is 2.67 bits per heavy atom. The molecule has 1 saturated heterocycles. The van der Waals surface area contributed by atoms with Gasteiger partial charge in [-0.25, -0.2) is 4.39 Å². The minimum Gasteiger partial charge on any atom is -0.402 e. The molecule has 2 N–H and O–H groups in total. The van der Waals surface area contributed by atoms with E-state index in [4.69, 9.17) is 0 Å². The summed E-state index contributed by atoms with van der Waals surface area (Å²) in [4.78, 5) is 18.1. The number of halogens is 4. The lowest BCUT2D eigenvalue weighted by Crippen LogP contribution is -2.60. The number of rotatable bonds is 4. The number of likely N-dealkylation sites (tertiary alicyclic amines) is 1. The van der Waals surface area contributed by atoms with Gasteiger partial charge in [0.2, 0.25) is 5.91 Å². The van der Waals surface area contributed by atoms with Crippen LogP contribution in [0.15, 0.2) is 18.3 Å². The SMILES string of the molecule is CC(CC(=O)N1C(C)CC2(C)CC1CC(C)(O)C2)c1c[nH]c2ccc(F)c(OC(F)(F)F)c12. The minimum atomic E-state index is -5.05. The van der Waals surface area contributed by atoms with Crippen LogP contribution in [0.25, 0.3) is 10.9 Å². The quantitative estimate of drug-likeness (QED) is 0.570. The fourth-order valence-corrected chi connectivity index (χ4v) is 6.46. The van der Waals surface area contributed by atoms with Gasteiger partial charge in [-0.2, -0.15) is 0 Å². The van der Waals surface area contributed by atoms with Crippen molar-refractivity contribution in [3.05, 3.63) is 29.7 Å². The number of aromatic nitrogens is 1. The summed E-state index contributed by atoms with van der Waals surface area (Å²) in [5.74, 6) is -2.61. The molecular formula is C24H30F4N2O3. The number of benzene rings is 1. The molecule has 0 radical (unpaired) electrons. The smallest absolute Gasteiger partial charge is 0.402 e. The number of hydrogen-bond donors (Lipinski definition) is 2. The maximum absolute atomic E-state index is 14.3. The van der Waals surface area contributed by atoms with Crippen LogP contribution in [0.1, 0.15) is 71.3 Å². The van der Waals surface area contributed by atoms with E-state index in [2.05, 4.69) is 16.6 Å². The monoisotopic (exact) mass is 470 g/mol. The first-order valence-corrected chi connectivity index (χ1v) is 11.3. The van der Waals surface area contributed by atoms with Gasteiger partial charge in [0, 0.05) is 35.6 Å². The standard InChI is InChI=1S/C24H30F4N2O3/c1-13(16-11-29-18-6-5-17(25)21(20(16)18)33-24(26,27)28)7-19(31)30-14(2)8-22(3)9-15(30)10-23(4,32)12-22/h5-6,11,13-15,29,32H,7-10,12H2,1-4H3. The van der Waals surface area contributed by atoms with Gasteiger partial charge in [-0.15, -0.1) is 13.2 Å². The lowest BCUT2D eigenvalue weighted by atomic mass is 9.61. The van der Waals surface area contributed by atoms with E-state index in [1.165, 1.54) is 12.3 Å². The maximum atomic E-state index is 14.3. The number of carbonyl (C=O) groups is 1. The molecule has 9 heteroatoms. The Bertz CT molecular complexity index is 1060. The topological polar surface area (TPSA) is 65.6 Å². The average Bonchev–Trinajstić information content (AvgIpc) is 3.05. The second kappa shape index (κ2) is 7.89. The summed E-state index contributed by atoms with van der Waals surface area (Å²) < 4.78 is 57.0. The molecule has 1 aromatic carbocycles. The van der Waals surface area contributed by atoms with Gasteiger partial charge in [0.05, 0.1) is 5.60 Å². The molecule has 2 bridgehead atoms. The predicted molar refractivity (Wildman–Crippen MR) is 115 cm³/mol. The van der Waals surface area contributed by atoms with E-state index in [0.29, 0.717) is 23.9 Å². The highest BCUT2D eigenvalue weighted by Gasteiger charge is 2.50. The molecule has 5 atom stereocenters. The highest BCUT2D eigenvalue weighted by molar-refractivity contribution is 5.91. The molecule has 2 heterocycles. The van der Waals surface area contributed by atoms with E-state index < -0.39 is 29.4 Å². The van der Waals surface area contributed by atoms with E-state index >= 15 is 0 Å². The highest BCUT2D eigenvalue weighted by atomic mass is 19.4. The number of nitrogens with one attached hydrogen (secondary N) is 1. The number of alkyl halides is 3. The summed E-state index contributed by atoms with van der Waals surface area (Å²) in [5.41, 5.74) is -0.190. The van der Waals surface area contributed by atoms with Crippen LogP contribution in [0.2, 0.25) is 0 Å². The molecule has 2 aliphatic rings. The molecule has 1 saturated carbocycles. The Morgan fingerprint density at radius 2 is 2.00 bits per heavy atom. The van der Waals surface area contributed by atoms with Gasteiger partial charge >= 0.3 is 6.36 Å². The highest BCUT2D eigenvalue weighted by Crippen LogP contribution is 2.50. The average molecular weight is 471 g/mol. The maximum Gasteiger partial charge on any atom is 0.573 e. The van der Waals surface area contributed by atoms with Crippen molar-refractivity contribution in [2.24, 2.45) is 5.41 Å². The molecule has 33 heavy (non-hydrogen) atoms. The summed E-state index contributed by atoms with van der Waals surface area (Å²) >= 11 is 0. The van der Waals surface area contributed by atoms with Gasteiger partial charge in [-0.05, 0) is 68.6 Å². The van der Waals surface area contributed by atoms with E-state index in [1.54, 1.807) is 13.8 Å². The number of aromatic amines is 1. The number of piperidine rings is 1. The first-order valence-electron chi connectivity index (χ1n) is 11.3. The number of amides is 1. The fourth-order valence-electron chi connectivity index (χ4n) is 6.46. The zero-order valence-corrected chi connectivity index (χ0v) is 19.2. The molecule has 4 rings (SSSR count). The molecule has 5 nitrogen and oxygen atoms in total. The third-order valence-corrected chi connectivity index (χ3v) is 7.17. The van der Waals surface area contributed by atoms with Crippen LogP contribution in [0, 0.1) is 11.2 Å². The van der Waals surface area contributed by atoms with Crippen LogP contribution in [0.4, 0.5) is 17.6 Å². The van der Waals surface area contributed by atoms with Crippen molar-refractivity contribution in [1.29, 1.82) is 0 Å². The third kappa shape index (κ3) is 4.69. The van der Waals surface area contributed by atoms with E-state index in [-0.39, 0.29) is 35.2 Å². The number of fused-ring (bicyclic) bond motifs is 3. The van der Waals surface area contributed by atoms with Crippen molar-refractivity contribution in [1.82, 2.24) is 9.88 Å². The molecule has 5 unspecified atom stereocenters. The summed E-state index contributed by atoms with van der Waals surface area (Å²) in [6.45, 7) is 7.69. The molecule has 1 amide bonds. The van der Waals surface area contributed by atoms with Crippen molar-refractivity contribution in [2.75, 3.05) is 0 Å². The first kappa shape index (κ1) is 23.9. The van der Waals surface area contributed by atoms with Crippen molar-refractivity contribution < 1.29 is 32.2 Å². The van der Waals surface area contributed by atoms with E-state index in [1.807, 2.05) is 11.8 Å². The number of ether oxygens (including phenoxy) is 1. The largest absolute Gasteiger partial charge is 0.573 e. The zero-order chi connectivity index (χ0) is 24.3. The van der Waals surface area contributed by atoms with Crippen LogP contribution in [0.5, 0.6) is 5.75 Å². The van der Waals surface area contributed by atoms with Crippen molar-refractivity contribution >= 4 is 16.8 Å². The zero-order valence-electron chi connectivity index (χ0n) is 19.2. The fraction of sp³-hybridized carbons (Fsp3) is 0.625. The lowest BCUT2D eigenvalue weighted by Gasteiger charge is -2.56. The molecule has 2 fully saturated rings. The van der Waals surface area contributed by atoms with Crippen LogP contribution < -0.4 is 4.74 Å². The van der Waals surface area contributed by atoms with E-state index in [9.17, 15) is 27.5 Å². The predicted octanol–water partition coefficient (Wildman–Crippen LogP) is 5.63. The number of nitrogens with zero attached hydrogens (tertiary/aromatic N) is 1. The van der Waals surface area contributed by atoms with Gasteiger partial charge in [-0.1, -0.05) is 13.8 Å². The normalized spacial score (nSPS) is 31.0. The Labute approximate surface area is 190 Å². The van der Waals surface area contributed by atoms with Crippen LogP contribution >= 0.6 is 0 Å². The van der Waals surface area contributed by atoms with E-state index in [0.717, 1.165) is 18.9 Å². The van der Waals surface area contributed by atoms with Crippen LogP contribution in [-0.2, 0) is 4.79 Å².